The van der Waals surface area contributed by atoms with Gasteiger partial charge in [-0.25, -0.2) is 0 Å². The fourth-order valence-corrected chi connectivity index (χ4v) is 5.53. The molecule has 0 bridgehead atoms. The number of hydrogen-bond acceptors (Lipinski definition) is 2. The van der Waals surface area contributed by atoms with Gasteiger partial charge in [-0.1, -0.05) is 40.2 Å². The average molecular weight is 629 g/mol. The highest BCUT2D eigenvalue weighted by Crippen LogP contribution is 2.42. The fourth-order valence-electron chi connectivity index (χ4n) is 3.14. The molecule has 2 aromatic carbocycles. The summed E-state index contributed by atoms with van der Waals surface area (Å²) in [5.74, 6) is -0.0946. The number of rotatable bonds is 3. The number of phenols is 1. The molecule has 3 nitrogen and oxygen atoms in total. The topological polar surface area (TPSA) is 41.7 Å². The van der Waals surface area contributed by atoms with E-state index < -0.39 is 0 Å². The van der Waals surface area contributed by atoms with Crippen LogP contribution in [-0.2, 0) is 0 Å². The number of phenolic OH excluding ortho intramolecular Hbond substituents is 1. The standard InChI is InChI=1S/C21H11Br4NO2/c22-13-6-2-1-5-12(13)17-18(25)16-7-3-4-8-26(16)19(17)20(27)11-9-14(23)21(28)15(24)10-11/h1-10,28H. The Bertz CT molecular complexity index is 1220. The predicted octanol–water partition coefficient (Wildman–Crippen LogP) is 7.59. The number of aromatic nitrogens is 1. The molecule has 0 saturated carbocycles. The quantitative estimate of drug-likeness (QED) is 0.238. The van der Waals surface area contributed by atoms with E-state index in [-0.39, 0.29) is 11.5 Å². The number of carbonyl (C=O) groups excluding carboxylic acids is 1. The maximum atomic E-state index is 13.6. The van der Waals surface area contributed by atoms with E-state index in [0.29, 0.717) is 20.2 Å². The summed E-state index contributed by atoms with van der Waals surface area (Å²) in [5, 5.41) is 10.0. The molecule has 4 aromatic rings. The van der Waals surface area contributed by atoms with Gasteiger partial charge >= 0.3 is 0 Å². The van der Waals surface area contributed by atoms with Gasteiger partial charge in [0.1, 0.15) is 11.4 Å². The third-order valence-corrected chi connectivity index (χ3v) is 7.12. The molecule has 28 heavy (non-hydrogen) atoms. The van der Waals surface area contributed by atoms with Crippen LogP contribution in [0.3, 0.4) is 0 Å². The molecule has 2 aromatic heterocycles. The Morgan fingerprint density at radius 1 is 0.857 bits per heavy atom. The van der Waals surface area contributed by atoms with E-state index in [4.69, 9.17) is 0 Å². The summed E-state index contributed by atoms with van der Waals surface area (Å²) in [4.78, 5) is 13.6. The summed E-state index contributed by atoms with van der Waals surface area (Å²) in [5.41, 5.74) is 3.62. The molecule has 0 unspecified atom stereocenters. The second kappa shape index (κ2) is 7.78. The van der Waals surface area contributed by atoms with Crippen molar-refractivity contribution in [3.63, 3.8) is 0 Å². The molecule has 0 aliphatic rings. The number of hydrogen-bond donors (Lipinski definition) is 1. The Hall–Kier alpha value is -1.41. The third kappa shape index (κ3) is 3.28. The van der Waals surface area contributed by atoms with E-state index in [9.17, 15) is 9.90 Å². The van der Waals surface area contributed by atoms with Crippen LogP contribution >= 0.6 is 63.7 Å². The first-order valence-corrected chi connectivity index (χ1v) is 11.3. The summed E-state index contributed by atoms with van der Waals surface area (Å²) in [6, 6.07) is 16.8. The normalized spacial score (nSPS) is 11.1. The van der Waals surface area contributed by atoms with E-state index in [0.717, 1.165) is 25.6 Å². The van der Waals surface area contributed by atoms with Crippen molar-refractivity contribution < 1.29 is 9.90 Å². The Morgan fingerprint density at radius 3 is 2.18 bits per heavy atom. The largest absolute Gasteiger partial charge is 0.506 e. The van der Waals surface area contributed by atoms with Gasteiger partial charge in [0.05, 0.1) is 18.9 Å². The van der Waals surface area contributed by atoms with Crippen molar-refractivity contribution in [2.45, 2.75) is 0 Å². The first-order chi connectivity index (χ1) is 13.4. The van der Waals surface area contributed by atoms with Crippen LogP contribution in [0.15, 0.2) is 78.7 Å². The summed E-state index contributed by atoms with van der Waals surface area (Å²) < 4.78 is 4.53. The van der Waals surface area contributed by atoms with E-state index >= 15 is 0 Å². The lowest BCUT2D eigenvalue weighted by Crippen LogP contribution is -2.07. The minimum Gasteiger partial charge on any atom is -0.506 e. The Morgan fingerprint density at radius 2 is 1.50 bits per heavy atom. The molecule has 1 N–H and O–H groups in total. The third-order valence-electron chi connectivity index (χ3n) is 4.42. The van der Waals surface area contributed by atoms with Gasteiger partial charge in [-0.2, -0.15) is 0 Å². The molecule has 0 fully saturated rings. The van der Waals surface area contributed by atoms with Crippen molar-refractivity contribution in [2.75, 3.05) is 0 Å². The number of carbonyl (C=O) groups is 1. The molecule has 0 radical (unpaired) electrons. The number of halogens is 4. The van der Waals surface area contributed by atoms with Gasteiger partial charge in [0.2, 0.25) is 5.78 Å². The summed E-state index contributed by atoms with van der Waals surface area (Å²) in [6.45, 7) is 0. The highest BCUT2D eigenvalue weighted by atomic mass is 79.9. The number of fused-ring (bicyclic) bond motifs is 1. The molecule has 7 heteroatoms. The molecule has 0 atom stereocenters. The molecular formula is C21H11Br4NO2. The molecule has 2 heterocycles. The van der Waals surface area contributed by atoms with E-state index in [1.54, 1.807) is 12.1 Å². The Balaban J connectivity index is 2.05. The van der Waals surface area contributed by atoms with Crippen LogP contribution in [0.4, 0.5) is 0 Å². The molecule has 0 amide bonds. The second-order valence-corrected chi connectivity index (χ2v) is 9.45. The number of ketones is 1. The van der Waals surface area contributed by atoms with Crippen LogP contribution < -0.4 is 0 Å². The highest BCUT2D eigenvalue weighted by molar-refractivity contribution is 9.11. The van der Waals surface area contributed by atoms with Crippen LogP contribution in [0.2, 0.25) is 0 Å². The van der Waals surface area contributed by atoms with Crippen molar-refractivity contribution in [1.29, 1.82) is 0 Å². The van der Waals surface area contributed by atoms with Crippen molar-refractivity contribution in [3.05, 3.63) is 89.9 Å². The van der Waals surface area contributed by atoms with Gasteiger partial charge < -0.3 is 9.51 Å². The summed E-state index contributed by atoms with van der Waals surface area (Å²) >= 11 is 13.9. The van der Waals surface area contributed by atoms with Crippen LogP contribution in [0.25, 0.3) is 16.6 Å². The molecule has 4 rings (SSSR count). The summed E-state index contributed by atoms with van der Waals surface area (Å²) in [6.07, 6.45) is 1.87. The van der Waals surface area contributed by atoms with Gasteiger partial charge in [0, 0.05) is 21.8 Å². The number of nitrogens with zero attached hydrogens (tertiary/aromatic N) is 1. The van der Waals surface area contributed by atoms with Crippen molar-refractivity contribution in [1.82, 2.24) is 4.40 Å². The zero-order chi connectivity index (χ0) is 20.0. The van der Waals surface area contributed by atoms with Crippen LogP contribution in [0, 0.1) is 0 Å². The lowest BCUT2D eigenvalue weighted by molar-refractivity contribution is 0.103. The maximum absolute atomic E-state index is 13.6. The average Bonchev–Trinajstić information content (AvgIpc) is 2.98. The Labute approximate surface area is 194 Å². The van der Waals surface area contributed by atoms with Crippen LogP contribution in [0.5, 0.6) is 5.75 Å². The van der Waals surface area contributed by atoms with Gasteiger partial charge in [-0.15, -0.1) is 0 Å². The second-order valence-electron chi connectivity index (χ2n) is 6.09. The molecular weight excluding hydrogens is 618 g/mol. The predicted molar refractivity (Wildman–Crippen MR) is 125 cm³/mol. The number of aromatic hydroxyl groups is 1. The highest BCUT2D eigenvalue weighted by Gasteiger charge is 2.26. The monoisotopic (exact) mass is 625 g/mol. The lowest BCUT2D eigenvalue weighted by Gasteiger charge is -2.10. The molecule has 0 aliphatic carbocycles. The fraction of sp³-hybridized carbons (Fsp3) is 0. The van der Waals surface area contributed by atoms with Crippen LogP contribution in [-0.4, -0.2) is 15.3 Å². The minimum absolute atomic E-state index is 0.0591. The number of benzene rings is 2. The molecule has 140 valence electrons. The zero-order valence-corrected chi connectivity index (χ0v) is 20.4. The molecule has 0 aliphatic heterocycles. The summed E-state index contributed by atoms with van der Waals surface area (Å²) in [7, 11) is 0. The van der Waals surface area contributed by atoms with E-state index in [1.807, 2.05) is 53.1 Å². The van der Waals surface area contributed by atoms with E-state index in [2.05, 4.69) is 63.7 Å². The minimum atomic E-state index is -0.154. The van der Waals surface area contributed by atoms with Crippen molar-refractivity contribution in [2.24, 2.45) is 0 Å². The molecule has 0 saturated heterocycles. The Kier molecular flexibility index (Phi) is 5.53. The lowest BCUT2D eigenvalue weighted by atomic mass is 10.00. The number of pyridine rings is 1. The van der Waals surface area contributed by atoms with Gasteiger partial charge in [0.25, 0.3) is 0 Å². The van der Waals surface area contributed by atoms with Crippen molar-refractivity contribution in [3.8, 4) is 16.9 Å². The van der Waals surface area contributed by atoms with Gasteiger partial charge in [-0.3, -0.25) is 4.79 Å². The smallest absolute Gasteiger partial charge is 0.210 e. The zero-order valence-electron chi connectivity index (χ0n) is 14.1. The first kappa shape index (κ1) is 19.9. The first-order valence-electron chi connectivity index (χ1n) is 8.16. The maximum Gasteiger partial charge on any atom is 0.210 e. The van der Waals surface area contributed by atoms with Gasteiger partial charge in [-0.05, 0) is 83.7 Å². The van der Waals surface area contributed by atoms with Gasteiger partial charge in [0.15, 0.2) is 0 Å². The van der Waals surface area contributed by atoms with Crippen molar-refractivity contribution >= 4 is 75.0 Å². The molecule has 0 spiro atoms. The van der Waals surface area contributed by atoms with Crippen LogP contribution in [0.1, 0.15) is 16.1 Å². The van der Waals surface area contributed by atoms with E-state index in [1.165, 1.54) is 0 Å². The SMILES string of the molecule is O=C(c1cc(Br)c(O)c(Br)c1)c1c(-c2ccccc2Br)c(Br)c2ccccn12.